The molecule has 2 aromatic carbocycles. The Morgan fingerprint density at radius 3 is 2.62 bits per heavy atom. The van der Waals surface area contributed by atoms with Gasteiger partial charge in [-0.3, -0.25) is 10.1 Å². The number of hydrogen-bond donors (Lipinski definition) is 1. The molecule has 1 fully saturated rings. The normalized spacial score (nSPS) is 15.5. The lowest BCUT2D eigenvalue weighted by atomic mass is 9.95. The number of hydrogen-bond acceptors (Lipinski definition) is 4. The number of carbonyl (C=O) groups excluding carboxylic acids is 1. The molecule has 7 heteroatoms. The first-order valence-electron chi connectivity index (χ1n) is 9.96. The third-order valence-electron chi connectivity index (χ3n) is 5.38. The maximum Gasteiger partial charge on any atom is 0.257 e. The van der Waals surface area contributed by atoms with Gasteiger partial charge in [-0.1, -0.05) is 43.5 Å². The number of carbonyl (C=O) groups is 1. The van der Waals surface area contributed by atoms with Crippen LogP contribution in [0.15, 0.2) is 48.5 Å². The van der Waals surface area contributed by atoms with Gasteiger partial charge in [0.25, 0.3) is 5.91 Å². The van der Waals surface area contributed by atoms with Gasteiger partial charge in [0.05, 0.1) is 16.8 Å². The molecule has 1 saturated carbocycles. The first-order valence-corrected chi connectivity index (χ1v) is 12.0. The van der Waals surface area contributed by atoms with E-state index in [-0.39, 0.29) is 11.7 Å². The van der Waals surface area contributed by atoms with Crippen molar-refractivity contribution in [3.05, 3.63) is 59.7 Å². The highest BCUT2D eigenvalue weighted by Gasteiger charge is 2.22. The van der Waals surface area contributed by atoms with Crippen LogP contribution in [0.3, 0.4) is 0 Å². The van der Waals surface area contributed by atoms with Crippen LogP contribution in [-0.2, 0) is 15.6 Å². The number of anilines is 1. The summed E-state index contributed by atoms with van der Waals surface area (Å²) < 4.78 is 25.3. The third kappa shape index (κ3) is 4.50. The molecule has 0 bridgehead atoms. The Morgan fingerprint density at radius 1 is 1.10 bits per heavy atom. The highest BCUT2D eigenvalue weighted by Crippen LogP contribution is 2.34. The molecule has 152 valence electrons. The molecule has 3 aromatic rings. The van der Waals surface area contributed by atoms with E-state index in [4.69, 9.17) is 0 Å². The number of aromatic nitrogens is 2. The zero-order valence-corrected chi connectivity index (χ0v) is 17.3. The summed E-state index contributed by atoms with van der Waals surface area (Å²) in [6.45, 7) is 0. The number of sulfone groups is 1. The number of nitrogens with zero attached hydrogens (tertiary/aromatic N) is 2. The van der Waals surface area contributed by atoms with Crippen LogP contribution < -0.4 is 5.32 Å². The largest absolute Gasteiger partial charge is 0.307 e. The van der Waals surface area contributed by atoms with E-state index in [0.717, 1.165) is 23.9 Å². The molecular formula is C22H25N3O3S. The zero-order chi connectivity index (χ0) is 20.4. The predicted octanol–water partition coefficient (Wildman–Crippen LogP) is 4.34. The number of rotatable bonds is 5. The molecule has 0 unspecified atom stereocenters. The van der Waals surface area contributed by atoms with E-state index in [1.807, 2.05) is 24.3 Å². The molecule has 0 spiro atoms. The maximum atomic E-state index is 12.9. The molecule has 29 heavy (non-hydrogen) atoms. The van der Waals surface area contributed by atoms with Crippen LogP contribution >= 0.6 is 0 Å². The third-order valence-corrected chi connectivity index (χ3v) is 6.24. The molecule has 0 saturated heterocycles. The molecule has 0 atom stereocenters. The highest BCUT2D eigenvalue weighted by atomic mass is 32.2. The maximum absolute atomic E-state index is 12.9. The topological polar surface area (TPSA) is 81.1 Å². The van der Waals surface area contributed by atoms with Crippen LogP contribution in [0.5, 0.6) is 0 Å². The minimum Gasteiger partial charge on any atom is -0.307 e. The number of amides is 1. The average Bonchev–Trinajstić information content (AvgIpc) is 3.05. The summed E-state index contributed by atoms with van der Waals surface area (Å²) in [5.41, 5.74) is 2.91. The highest BCUT2D eigenvalue weighted by molar-refractivity contribution is 7.89. The fourth-order valence-corrected chi connectivity index (χ4v) is 4.91. The molecule has 1 amide bonds. The van der Waals surface area contributed by atoms with Crippen LogP contribution in [0.25, 0.3) is 11.0 Å². The van der Waals surface area contributed by atoms with Crippen LogP contribution in [0.2, 0.25) is 0 Å². The molecule has 1 N–H and O–H groups in total. The molecule has 0 aliphatic heterocycles. The van der Waals surface area contributed by atoms with Gasteiger partial charge >= 0.3 is 0 Å². The Morgan fingerprint density at radius 2 is 1.86 bits per heavy atom. The Hall–Kier alpha value is -2.67. The molecule has 0 radical (unpaired) electrons. The number of para-hydroxylation sites is 2. The minimum absolute atomic E-state index is 0.0886. The summed E-state index contributed by atoms with van der Waals surface area (Å²) in [5, 5.41) is 2.97. The van der Waals surface area contributed by atoms with E-state index in [2.05, 4.69) is 14.9 Å². The zero-order valence-electron chi connectivity index (χ0n) is 16.5. The second-order valence-corrected chi connectivity index (χ2v) is 9.95. The van der Waals surface area contributed by atoms with E-state index in [0.29, 0.717) is 23.1 Å². The quantitative estimate of drug-likeness (QED) is 0.677. The van der Waals surface area contributed by atoms with E-state index in [1.54, 1.807) is 24.3 Å². The van der Waals surface area contributed by atoms with Gasteiger partial charge in [0.1, 0.15) is 0 Å². The number of nitrogens with one attached hydrogen (secondary N) is 1. The standard InChI is InChI=1S/C22H25N3O3S/c1-29(27,28)15-16-8-7-9-17(14-16)21(26)24-22-23-19-12-5-6-13-20(19)25(22)18-10-3-2-4-11-18/h5-9,12-14,18H,2-4,10-11,15H2,1H3,(H,23,24,26). The van der Waals surface area contributed by atoms with Gasteiger partial charge in [0, 0.05) is 17.9 Å². The lowest BCUT2D eigenvalue weighted by Crippen LogP contribution is -2.20. The average molecular weight is 412 g/mol. The summed E-state index contributed by atoms with van der Waals surface area (Å²) in [6, 6.07) is 15.0. The van der Waals surface area contributed by atoms with Crippen molar-refractivity contribution in [2.75, 3.05) is 11.6 Å². The molecule has 6 nitrogen and oxygen atoms in total. The monoisotopic (exact) mass is 411 g/mol. The molecule has 1 aromatic heterocycles. The Labute approximate surface area is 170 Å². The van der Waals surface area contributed by atoms with E-state index < -0.39 is 9.84 Å². The van der Waals surface area contributed by atoms with E-state index >= 15 is 0 Å². The van der Waals surface area contributed by atoms with Crippen molar-refractivity contribution in [3.63, 3.8) is 0 Å². The minimum atomic E-state index is -3.17. The summed E-state index contributed by atoms with van der Waals surface area (Å²) in [7, 11) is -3.17. The van der Waals surface area contributed by atoms with Gasteiger partial charge in [-0.05, 0) is 42.7 Å². The second-order valence-electron chi connectivity index (χ2n) is 7.81. The van der Waals surface area contributed by atoms with Gasteiger partial charge in [0.2, 0.25) is 5.95 Å². The Kier molecular flexibility index (Phi) is 5.41. The van der Waals surface area contributed by atoms with Crippen molar-refractivity contribution >= 4 is 32.7 Å². The Bertz CT molecular complexity index is 1150. The van der Waals surface area contributed by atoms with E-state index in [9.17, 15) is 13.2 Å². The van der Waals surface area contributed by atoms with Gasteiger partial charge in [0.15, 0.2) is 9.84 Å². The molecule has 1 aliphatic rings. The van der Waals surface area contributed by atoms with Gasteiger partial charge in [-0.15, -0.1) is 0 Å². The molecule has 1 aliphatic carbocycles. The summed E-state index contributed by atoms with van der Waals surface area (Å²) in [5.74, 6) is 0.179. The lowest BCUT2D eigenvalue weighted by Gasteiger charge is -2.25. The first-order chi connectivity index (χ1) is 13.9. The van der Waals surface area contributed by atoms with Crippen LogP contribution in [0.1, 0.15) is 54.1 Å². The number of imidazole rings is 1. The Balaban J connectivity index is 1.65. The molecule has 1 heterocycles. The van der Waals surface area contributed by atoms with Crippen molar-refractivity contribution in [2.45, 2.75) is 43.9 Å². The van der Waals surface area contributed by atoms with Gasteiger partial charge < -0.3 is 4.57 Å². The van der Waals surface area contributed by atoms with Gasteiger partial charge in [-0.25, -0.2) is 13.4 Å². The fourth-order valence-electron chi connectivity index (χ4n) is 4.12. The molecule has 4 rings (SSSR count). The van der Waals surface area contributed by atoms with Crippen molar-refractivity contribution in [1.82, 2.24) is 9.55 Å². The second kappa shape index (κ2) is 7.99. The summed E-state index contributed by atoms with van der Waals surface area (Å²) in [6.07, 6.45) is 6.95. The summed E-state index contributed by atoms with van der Waals surface area (Å²) >= 11 is 0. The number of benzene rings is 2. The van der Waals surface area contributed by atoms with Crippen LogP contribution in [-0.4, -0.2) is 30.1 Å². The van der Waals surface area contributed by atoms with Crippen LogP contribution in [0, 0.1) is 0 Å². The van der Waals surface area contributed by atoms with Crippen molar-refractivity contribution in [3.8, 4) is 0 Å². The smallest absolute Gasteiger partial charge is 0.257 e. The lowest BCUT2D eigenvalue weighted by molar-refractivity contribution is 0.102. The number of fused-ring (bicyclic) bond motifs is 1. The van der Waals surface area contributed by atoms with Crippen molar-refractivity contribution < 1.29 is 13.2 Å². The summed E-state index contributed by atoms with van der Waals surface area (Å²) in [4.78, 5) is 17.6. The van der Waals surface area contributed by atoms with Crippen molar-refractivity contribution in [1.29, 1.82) is 0 Å². The van der Waals surface area contributed by atoms with Crippen molar-refractivity contribution in [2.24, 2.45) is 0 Å². The van der Waals surface area contributed by atoms with Crippen LogP contribution in [0.4, 0.5) is 5.95 Å². The van der Waals surface area contributed by atoms with E-state index in [1.165, 1.54) is 25.5 Å². The SMILES string of the molecule is CS(=O)(=O)Cc1cccc(C(=O)Nc2nc3ccccc3n2C2CCCCC2)c1. The van der Waals surface area contributed by atoms with Gasteiger partial charge in [-0.2, -0.15) is 0 Å². The fraction of sp³-hybridized carbons (Fsp3) is 0.364. The predicted molar refractivity (Wildman–Crippen MR) is 115 cm³/mol. The molecular weight excluding hydrogens is 386 g/mol. The first kappa shape index (κ1) is 19.6.